The molecule has 0 amide bonds. The Morgan fingerprint density at radius 2 is 1.50 bits per heavy atom. The number of sulfonamides is 1. The molecule has 0 atom stereocenters. The summed E-state index contributed by atoms with van der Waals surface area (Å²) in [6, 6.07) is 27.2. The second-order valence-corrected chi connectivity index (χ2v) is 11.1. The van der Waals surface area contributed by atoms with Crippen molar-refractivity contribution in [2.45, 2.75) is 35.1 Å². The van der Waals surface area contributed by atoms with Crippen LogP contribution in [0.3, 0.4) is 0 Å². The molecule has 4 aromatic rings. The normalized spacial score (nSPS) is 14.8. The number of piperidine rings is 1. The highest BCUT2D eigenvalue weighted by Gasteiger charge is 2.27. The maximum absolute atomic E-state index is 13.3. The van der Waals surface area contributed by atoms with Gasteiger partial charge in [0.05, 0.1) is 4.90 Å². The first kappa shape index (κ1) is 22.8. The number of hydrogen-bond donors (Lipinski definition) is 0. The van der Waals surface area contributed by atoms with Crippen molar-refractivity contribution in [3.63, 3.8) is 0 Å². The van der Waals surface area contributed by atoms with Gasteiger partial charge in [-0.25, -0.2) is 8.42 Å². The summed E-state index contributed by atoms with van der Waals surface area (Å²) < 4.78 is 30.1. The molecule has 0 radical (unpaired) electrons. The monoisotopic (exact) mass is 490 g/mol. The number of nitrogens with zero attached hydrogens (tertiary/aromatic N) is 4. The van der Waals surface area contributed by atoms with Gasteiger partial charge in [-0.1, -0.05) is 78.8 Å². The van der Waals surface area contributed by atoms with Crippen molar-refractivity contribution in [1.82, 2.24) is 19.1 Å². The fraction of sp³-hybridized carbons (Fsp3) is 0.231. The molecule has 1 saturated heterocycles. The highest BCUT2D eigenvalue weighted by Crippen LogP contribution is 2.31. The largest absolute Gasteiger partial charge is 0.270 e. The van der Waals surface area contributed by atoms with E-state index in [9.17, 15) is 8.42 Å². The Bertz CT molecular complexity index is 1350. The van der Waals surface area contributed by atoms with Gasteiger partial charge in [-0.15, -0.1) is 10.2 Å². The summed E-state index contributed by atoms with van der Waals surface area (Å²) in [5.74, 6) is 1.38. The van der Waals surface area contributed by atoms with Crippen molar-refractivity contribution in [1.29, 1.82) is 0 Å². The van der Waals surface area contributed by atoms with E-state index < -0.39 is 10.0 Å². The number of rotatable bonds is 7. The van der Waals surface area contributed by atoms with Crippen LogP contribution < -0.4 is 0 Å². The summed E-state index contributed by atoms with van der Waals surface area (Å²) in [6.45, 7) is 1.15. The van der Waals surface area contributed by atoms with Gasteiger partial charge in [0, 0.05) is 30.1 Å². The molecule has 1 aromatic heterocycles. The van der Waals surface area contributed by atoms with Crippen LogP contribution in [0.25, 0.3) is 17.1 Å². The molecule has 6 nitrogen and oxygen atoms in total. The first-order valence-corrected chi connectivity index (χ1v) is 13.8. The molecule has 34 heavy (non-hydrogen) atoms. The second-order valence-electron chi connectivity index (χ2n) is 8.24. The van der Waals surface area contributed by atoms with E-state index in [2.05, 4.69) is 22.3 Å². The molecule has 1 aliphatic rings. The molecule has 0 N–H and O–H groups in total. The number of hydrogen-bond acceptors (Lipinski definition) is 5. The third-order valence-electron chi connectivity index (χ3n) is 5.90. The van der Waals surface area contributed by atoms with Crippen LogP contribution in [-0.2, 0) is 15.8 Å². The van der Waals surface area contributed by atoms with E-state index in [1.165, 1.54) is 5.56 Å². The Kier molecular flexibility index (Phi) is 6.80. The molecule has 1 aliphatic heterocycles. The van der Waals surface area contributed by atoms with E-state index in [0.717, 1.165) is 41.4 Å². The summed E-state index contributed by atoms with van der Waals surface area (Å²) in [4.78, 5) is 0.299. The van der Waals surface area contributed by atoms with Gasteiger partial charge in [0.2, 0.25) is 10.0 Å². The fourth-order valence-electron chi connectivity index (χ4n) is 4.13. The summed E-state index contributed by atoms with van der Waals surface area (Å²) in [5, 5.41) is 9.73. The van der Waals surface area contributed by atoms with Crippen molar-refractivity contribution >= 4 is 21.8 Å². The zero-order valence-corrected chi connectivity index (χ0v) is 20.4. The van der Waals surface area contributed by atoms with Crippen molar-refractivity contribution in [2.24, 2.45) is 0 Å². The lowest BCUT2D eigenvalue weighted by molar-refractivity contribution is 0.346. The van der Waals surface area contributed by atoms with Gasteiger partial charge in [0.1, 0.15) is 0 Å². The van der Waals surface area contributed by atoms with Crippen LogP contribution in [0.2, 0.25) is 0 Å². The molecule has 1 fully saturated rings. The Labute approximate surface area is 204 Å². The molecule has 2 heterocycles. The molecular weight excluding hydrogens is 464 g/mol. The van der Waals surface area contributed by atoms with Crippen LogP contribution >= 0.6 is 11.8 Å². The average Bonchev–Trinajstić information content (AvgIpc) is 3.33. The third kappa shape index (κ3) is 4.80. The number of aromatic nitrogens is 3. The zero-order valence-electron chi connectivity index (χ0n) is 18.7. The molecule has 3 aromatic carbocycles. The van der Waals surface area contributed by atoms with Gasteiger partial charge in [-0.2, -0.15) is 4.31 Å². The topological polar surface area (TPSA) is 68.1 Å². The zero-order chi connectivity index (χ0) is 23.4. The van der Waals surface area contributed by atoms with Gasteiger partial charge < -0.3 is 0 Å². The molecule has 0 bridgehead atoms. The second kappa shape index (κ2) is 10.1. The molecule has 0 spiro atoms. The van der Waals surface area contributed by atoms with Crippen LogP contribution in [0.1, 0.15) is 24.8 Å². The van der Waals surface area contributed by atoms with E-state index >= 15 is 0 Å². The summed E-state index contributed by atoms with van der Waals surface area (Å²) in [5.41, 5.74) is 2.86. The van der Waals surface area contributed by atoms with Gasteiger partial charge in [-0.05, 0) is 42.7 Å². The lowest BCUT2D eigenvalue weighted by Crippen LogP contribution is -2.35. The Morgan fingerprint density at radius 1 is 0.794 bits per heavy atom. The van der Waals surface area contributed by atoms with E-state index in [0.29, 0.717) is 23.8 Å². The predicted molar refractivity (Wildman–Crippen MR) is 135 cm³/mol. The van der Waals surface area contributed by atoms with Crippen molar-refractivity contribution in [3.8, 4) is 17.1 Å². The van der Waals surface area contributed by atoms with Gasteiger partial charge in [0.25, 0.3) is 0 Å². The molecule has 0 unspecified atom stereocenters. The first-order chi connectivity index (χ1) is 16.6. The summed E-state index contributed by atoms with van der Waals surface area (Å²) >= 11 is 1.61. The van der Waals surface area contributed by atoms with Crippen molar-refractivity contribution in [2.75, 3.05) is 13.1 Å². The number of thioether (sulfide) groups is 1. The molecular formula is C26H26N4O2S2. The third-order valence-corrected chi connectivity index (χ3v) is 8.80. The lowest BCUT2D eigenvalue weighted by atomic mass is 10.2. The van der Waals surface area contributed by atoms with E-state index in [-0.39, 0.29) is 0 Å². The molecule has 174 valence electrons. The summed E-state index contributed by atoms with van der Waals surface area (Å²) in [6.07, 6.45) is 2.89. The minimum atomic E-state index is -3.54. The lowest BCUT2D eigenvalue weighted by Gasteiger charge is -2.26. The maximum atomic E-state index is 13.3. The maximum Gasteiger partial charge on any atom is 0.243 e. The Balaban J connectivity index is 1.52. The van der Waals surface area contributed by atoms with E-state index in [4.69, 9.17) is 0 Å². The Morgan fingerprint density at radius 3 is 2.24 bits per heavy atom. The fourth-order valence-corrected chi connectivity index (χ4v) is 6.60. The highest BCUT2D eigenvalue weighted by molar-refractivity contribution is 7.98. The number of para-hydroxylation sites is 1. The minimum Gasteiger partial charge on any atom is -0.270 e. The molecule has 8 heteroatoms. The minimum absolute atomic E-state index is 0.299. The molecule has 0 saturated carbocycles. The quantitative estimate of drug-likeness (QED) is 0.325. The molecule has 5 rings (SSSR count). The Hall–Kier alpha value is -2.94. The first-order valence-electron chi connectivity index (χ1n) is 11.4. The van der Waals surface area contributed by atoms with Crippen LogP contribution in [0.15, 0.2) is 95.0 Å². The van der Waals surface area contributed by atoms with Crippen LogP contribution in [0.4, 0.5) is 0 Å². The summed E-state index contributed by atoms with van der Waals surface area (Å²) in [7, 11) is -3.54. The standard InChI is InChI=1S/C26H26N4O2S2/c31-34(32,29-17-8-3-9-18-29)24-16-10-13-22(19-24)25-27-28-26(30(25)23-14-6-2-7-15-23)33-20-21-11-4-1-5-12-21/h1-2,4-7,10-16,19H,3,8-9,17-18,20H2. The van der Waals surface area contributed by atoms with Crippen LogP contribution in [0.5, 0.6) is 0 Å². The average molecular weight is 491 g/mol. The number of benzene rings is 3. The van der Waals surface area contributed by atoms with E-state index in [1.807, 2.05) is 59.2 Å². The van der Waals surface area contributed by atoms with Gasteiger partial charge >= 0.3 is 0 Å². The van der Waals surface area contributed by atoms with Crippen LogP contribution in [0, 0.1) is 0 Å². The molecule has 0 aliphatic carbocycles. The SMILES string of the molecule is O=S(=O)(c1cccc(-c2nnc(SCc3ccccc3)n2-c2ccccc2)c1)N1CCCCC1. The van der Waals surface area contributed by atoms with Gasteiger partial charge in [0.15, 0.2) is 11.0 Å². The predicted octanol–water partition coefficient (Wildman–Crippen LogP) is 5.40. The van der Waals surface area contributed by atoms with Crippen molar-refractivity contribution in [3.05, 3.63) is 90.5 Å². The highest BCUT2D eigenvalue weighted by atomic mass is 32.2. The van der Waals surface area contributed by atoms with Gasteiger partial charge in [-0.3, -0.25) is 4.57 Å². The van der Waals surface area contributed by atoms with E-state index in [1.54, 1.807) is 34.3 Å². The smallest absolute Gasteiger partial charge is 0.243 e. The van der Waals surface area contributed by atoms with Crippen molar-refractivity contribution < 1.29 is 8.42 Å². The van der Waals surface area contributed by atoms with Crippen LogP contribution in [-0.4, -0.2) is 40.6 Å².